The molecule has 2 aromatic rings. The Kier molecular flexibility index (Phi) is 5.44. The van der Waals surface area contributed by atoms with Crippen LogP contribution in [0.25, 0.3) is 0 Å². The highest BCUT2D eigenvalue weighted by Gasteiger charge is 2.35. The zero-order valence-electron chi connectivity index (χ0n) is 15.6. The fraction of sp³-hybridized carbons (Fsp3) is 0.421. The SMILES string of the molecule is Cc1ccc(N2CC(C(=O)NCCn3ccc(C(F)(F)F)n3)CC2=O)cc1C. The largest absolute Gasteiger partial charge is 0.435 e. The molecule has 1 aliphatic heterocycles. The van der Waals surface area contributed by atoms with E-state index in [-0.39, 0.29) is 37.9 Å². The summed E-state index contributed by atoms with van der Waals surface area (Å²) in [7, 11) is 0. The van der Waals surface area contributed by atoms with Gasteiger partial charge in [0.1, 0.15) is 0 Å². The molecule has 1 aromatic carbocycles. The number of benzene rings is 1. The van der Waals surface area contributed by atoms with Gasteiger partial charge in [0, 0.05) is 31.4 Å². The van der Waals surface area contributed by atoms with Gasteiger partial charge in [-0.2, -0.15) is 18.3 Å². The van der Waals surface area contributed by atoms with Crippen molar-refractivity contribution in [2.45, 2.75) is 33.0 Å². The molecule has 0 radical (unpaired) electrons. The number of aromatic nitrogens is 2. The molecule has 1 aliphatic rings. The molecule has 1 fully saturated rings. The number of alkyl halides is 3. The average molecular weight is 394 g/mol. The Balaban J connectivity index is 1.53. The maximum Gasteiger partial charge on any atom is 0.435 e. The number of anilines is 1. The zero-order chi connectivity index (χ0) is 20.5. The highest BCUT2D eigenvalue weighted by atomic mass is 19.4. The van der Waals surface area contributed by atoms with Crippen LogP contribution >= 0.6 is 0 Å². The van der Waals surface area contributed by atoms with Crippen LogP contribution in [0.4, 0.5) is 18.9 Å². The first-order chi connectivity index (χ1) is 13.1. The van der Waals surface area contributed by atoms with Crippen molar-refractivity contribution in [3.63, 3.8) is 0 Å². The van der Waals surface area contributed by atoms with Gasteiger partial charge < -0.3 is 10.2 Å². The first kappa shape index (κ1) is 19.9. The number of nitrogens with one attached hydrogen (secondary N) is 1. The minimum Gasteiger partial charge on any atom is -0.354 e. The molecular weight excluding hydrogens is 373 g/mol. The van der Waals surface area contributed by atoms with Crippen molar-refractivity contribution in [1.82, 2.24) is 15.1 Å². The first-order valence-electron chi connectivity index (χ1n) is 8.91. The highest BCUT2D eigenvalue weighted by Crippen LogP contribution is 2.28. The molecule has 150 valence electrons. The second-order valence-electron chi connectivity index (χ2n) is 6.93. The molecule has 0 aliphatic carbocycles. The third-order valence-corrected chi connectivity index (χ3v) is 4.87. The molecule has 2 amide bonds. The van der Waals surface area contributed by atoms with Crippen LogP contribution in [0.2, 0.25) is 0 Å². The van der Waals surface area contributed by atoms with Crippen LogP contribution in [-0.2, 0) is 22.3 Å². The van der Waals surface area contributed by atoms with Crippen LogP contribution < -0.4 is 10.2 Å². The quantitative estimate of drug-likeness (QED) is 0.848. The van der Waals surface area contributed by atoms with Crippen molar-refractivity contribution in [3.8, 4) is 0 Å². The summed E-state index contributed by atoms with van der Waals surface area (Å²) in [4.78, 5) is 26.2. The summed E-state index contributed by atoms with van der Waals surface area (Å²) in [5, 5.41) is 6.11. The van der Waals surface area contributed by atoms with Crippen LogP contribution in [-0.4, -0.2) is 34.7 Å². The number of carbonyl (C=O) groups is 2. The van der Waals surface area contributed by atoms with Crippen molar-refractivity contribution in [2.24, 2.45) is 5.92 Å². The van der Waals surface area contributed by atoms with Gasteiger partial charge in [0.05, 0.1) is 12.5 Å². The maximum atomic E-state index is 12.5. The maximum absolute atomic E-state index is 12.5. The topological polar surface area (TPSA) is 67.2 Å². The van der Waals surface area contributed by atoms with Gasteiger partial charge in [0.15, 0.2) is 5.69 Å². The van der Waals surface area contributed by atoms with E-state index in [0.717, 1.165) is 27.6 Å². The van der Waals surface area contributed by atoms with Crippen molar-refractivity contribution >= 4 is 17.5 Å². The number of amides is 2. The van der Waals surface area contributed by atoms with Crippen LogP contribution in [0.1, 0.15) is 23.2 Å². The van der Waals surface area contributed by atoms with Crippen LogP contribution in [0.3, 0.4) is 0 Å². The minimum atomic E-state index is -4.49. The Morgan fingerprint density at radius 1 is 1.25 bits per heavy atom. The molecule has 1 unspecified atom stereocenters. The van der Waals surface area contributed by atoms with Crippen LogP contribution in [0, 0.1) is 19.8 Å². The molecule has 0 spiro atoms. The van der Waals surface area contributed by atoms with Gasteiger partial charge in [-0.25, -0.2) is 0 Å². The predicted molar refractivity (Wildman–Crippen MR) is 96.6 cm³/mol. The molecule has 3 rings (SSSR count). The normalized spacial score (nSPS) is 17.2. The van der Waals surface area contributed by atoms with Gasteiger partial charge in [0.25, 0.3) is 0 Å². The summed E-state index contributed by atoms with van der Waals surface area (Å²) in [5.41, 5.74) is 1.98. The van der Waals surface area contributed by atoms with E-state index in [2.05, 4.69) is 10.4 Å². The van der Waals surface area contributed by atoms with Crippen molar-refractivity contribution in [1.29, 1.82) is 0 Å². The average Bonchev–Trinajstić information content (AvgIpc) is 3.24. The number of aryl methyl sites for hydroxylation is 2. The Hall–Kier alpha value is -2.84. The molecule has 0 bridgehead atoms. The molecule has 6 nitrogen and oxygen atoms in total. The van der Waals surface area contributed by atoms with Crippen molar-refractivity contribution in [2.75, 3.05) is 18.0 Å². The second-order valence-corrected chi connectivity index (χ2v) is 6.93. The van der Waals surface area contributed by atoms with E-state index in [0.29, 0.717) is 0 Å². The van der Waals surface area contributed by atoms with E-state index in [1.54, 1.807) is 4.90 Å². The Morgan fingerprint density at radius 2 is 2.00 bits per heavy atom. The summed E-state index contributed by atoms with van der Waals surface area (Å²) < 4.78 is 38.7. The molecule has 9 heteroatoms. The molecule has 1 atom stereocenters. The van der Waals surface area contributed by atoms with Crippen molar-refractivity contribution < 1.29 is 22.8 Å². The second kappa shape index (κ2) is 7.65. The fourth-order valence-electron chi connectivity index (χ4n) is 3.10. The number of hydrogen-bond acceptors (Lipinski definition) is 3. The Labute approximate surface area is 160 Å². The molecule has 1 aromatic heterocycles. The molecule has 28 heavy (non-hydrogen) atoms. The van der Waals surface area contributed by atoms with Gasteiger partial charge in [-0.05, 0) is 43.2 Å². The third kappa shape index (κ3) is 4.35. The summed E-state index contributed by atoms with van der Waals surface area (Å²) >= 11 is 0. The molecular formula is C19H21F3N4O2. The van der Waals surface area contributed by atoms with Gasteiger partial charge in [-0.1, -0.05) is 6.07 Å². The van der Waals surface area contributed by atoms with E-state index in [1.165, 1.54) is 6.20 Å². The van der Waals surface area contributed by atoms with Gasteiger partial charge in [-0.15, -0.1) is 0 Å². The Morgan fingerprint density at radius 3 is 2.64 bits per heavy atom. The van der Waals surface area contributed by atoms with E-state index in [4.69, 9.17) is 0 Å². The third-order valence-electron chi connectivity index (χ3n) is 4.87. The zero-order valence-corrected chi connectivity index (χ0v) is 15.6. The minimum absolute atomic E-state index is 0.110. The fourth-order valence-corrected chi connectivity index (χ4v) is 3.10. The number of nitrogens with zero attached hydrogens (tertiary/aromatic N) is 3. The summed E-state index contributed by atoms with van der Waals surface area (Å²) in [6.45, 7) is 4.48. The lowest BCUT2D eigenvalue weighted by Crippen LogP contribution is -2.34. The predicted octanol–water partition coefficient (Wildman–Crippen LogP) is 2.69. The van der Waals surface area contributed by atoms with Gasteiger partial charge in [0.2, 0.25) is 11.8 Å². The lowest BCUT2D eigenvalue weighted by atomic mass is 10.1. The van der Waals surface area contributed by atoms with Crippen LogP contribution in [0.15, 0.2) is 30.5 Å². The van der Waals surface area contributed by atoms with E-state index in [1.807, 2.05) is 32.0 Å². The molecule has 1 saturated heterocycles. The van der Waals surface area contributed by atoms with Crippen LogP contribution in [0.5, 0.6) is 0 Å². The lowest BCUT2D eigenvalue weighted by Gasteiger charge is -2.18. The summed E-state index contributed by atoms with van der Waals surface area (Å²) in [5.74, 6) is -0.898. The van der Waals surface area contributed by atoms with E-state index >= 15 is 0 Å². The van der Waals surface area contributed by atoms with Gasteiger partial charge >= 0.3 is 6.18 Å². The van der Waals surface area contributed by atoms with E-state index < -0.39 is 17.8 Å². The highest BCUT2D eigenvalue weighted by molar-refractivity contribution is 6.00. The first-order valence-corrected chi connectivity index (χ1v) is 8.91. The molecule has 1 N–H and O–H groups in total. The number of halogens is 3. The van der Waals surface area contributed by atoms with Crippen molar-refractivity contribution in [3.05, 3.63) is 47.3 Å². The Bertz CT molecular complexity index is 892. The summed E-state index contributed by atoms with van der Waals surface area (Å²) in [6.07, 6.45) is -3.16. The van der Waals surface area contributed by atoms with E-state index in [9.17, 15) is 22.8 Å². The number of rotatable bonds is 5. The molecule has 0 saturated carbocycles. The standard InChI is InChI=1S/C19H21F3N4O2/c1-12-3-4-15(9-13(12)2)26-11-14(10-17(26)27)18(28)23-6-8-25-7-5-16(24-25)19(20,21)22/h3-5,7,9,14H,6,8,10-11H2,1-2H3,(H,23,28). The monoisotopic (exact) mass is 394 g/mol. The van der Waals surface area contributed by atoms with Gasteiger partial charge in [-0.3, -0.25) is 14.3 Å². The lowest BCUT2D eigenvalue weighted by molar-refractivity contribution is -0.141. The molecule has 2 heterocycles. The number of hydrogen-bond donors (Lipinski definition) is 1. The number of carbonyl (C=O) groups excluding carboxylic acids is 2. The summed E-state index contributed by atoms with van der Waals surface area (Å²) in [6, 6.07) is 6.60. The smallest absolute Gasteiger partial charge is 0.354 e.